The molecule has 0 amide bonds. The lowest BCUT2D eigenvalue weighted by Crippen LogP contribution is -2.55. The Hall–Kier alpha value is -2.13. The molecule has 35 heavy (non-hydrogen) atoms. The van der Waals surface area contributed by atoms with Gasteiger partial charge in [-0.25, -0.2) is 4.39 Å². The number of thiophene rings is 1. The Labute approximate surface area is 209 Å². The van der Waals surface area contributed by atoms with Gasteiger partial charge in [-0.1, -0.05) is 50.1 Å². The molecule has 2 heterocycles. The van der Waals surface area contributed by atoms with E-state index in [2.05, 4.69) is 26.0 Å². The lowest BCUT2D eigenvalue weighted by atomic mass is 9.85. The summed E-state index contributed by atoms with van der Waals surface area (Å²) in [5, 5.41) is 40.6. The molecule has 0 bridgehead atoms. The molecule has 4 rings (SSSR count). The Morgan fingerprint density at radius 3 is 2.40 bits per heavy atom. The standard InChI is InChI=1S/C28H33FO5S/c1-3-4-5-20(24-13-12-23(35-24)17-8-10-19(29)11-9-17)21-14-18(7-6-16(21)2)28-27(33)26(32)25(31)22(15-30)34-28/h6-14,20,22,25-28,30-33H,3-5,15H2,1-2H3/t20?,22-,25-,26+,27-,28+/m1/s1. The molecule has 7 heteroatoms. The number of hydrogen-bond acceptors (Lipinski definition) is 6. The molecular weight excluding hydrogens is 467 g/mol. The number of unbranched alkanes of at least 4 members (excludes halogenated alkanes) is 1. The maximum absolute atomic E-state index is 13.4. The van der Waals surface area contributed by atoms with Crippen LogP contribution in [-0.2, 0) is 4.74 Å². The highest BCUT2D eigenvalue weighted by atomic mass is 32.1. The van der Waals surface area contributed by atoms with E-state index in [-0.39, 0.29) is 11.7 Å². The predicted octanol–water partition coefficient (Wildman–Crippen LogP) is 4.70. The molecule has 0 radical (unpaired) electrons. The van der Waals surface area contributed by atoms with Crippen molar-refractivity contribution >= 4 is 11.3 Å². The number of aryl methyl sites for hydroxylation is 1. The third-order valence-corrected chi connectivity index (χ3v) is 8.09. The largest absolute Gasteiger partial charge is 0.394 e. The van der Waals surface area contributed by atoms with E-state index in [9.17, 15) is 24.8 Å². The average molecular weight is 501 g/mol. The first-order valence-electron chi connectivity index (χ1n) is 12.1. The van der Waals surface area contributed by atoms with Crippen LogP contribution < -0.4 is 0 Å². The van der Waals surface area contributed by atoms with Gasteiger partial charge in [-0.3, -0.25) is 0 Å². The van der Waals surface area contributed by atoms with E-state index in [1.807, 2.05) is 18.2 Å². The van der Waals surface area contributed by atoms with Crippen LogP contribution in [0.4, 0.5) is 4.39 Å². The van der Waals surface area contributed by atoms with Gasteiger partial charge in [-0.2, -0.15) is 0 Å². The monoisotopic (exact) mass is 500 g/mol. The zero-order valence-corrected chi connectivity index (χ0v) is 20.8. The second-order valence-corrected chi connectivity index (χ2v) is 10.4. The molecule has 1 saturated heterocycles. The molecule has 2 aromatic carbocycles. The van der Waals surface area contributed by atoms with Crippen LogP contribution in [0.1, 0.15) is 59.8 Å². The maximum Gasteiger partial charge on any atom is 0.123 e. The molecule has 1 fully saturated rings. The van der Waals surface area contributed by atoms with Crippen molar-refractivity contribution in [3.63, 3.8) is 0 Å². The summed E-state index contributed by atoms with van der Waals surface area (Å²) in [5.74, 6) is -0.133. The first-order chi connectivity index (χ1) is 16.8. The van der Waals surface area contributed by atoms with Crippen molar-refractivity contribution in [2.75, 3.05) is 6.61 Å². The van der Waals surface area contributed by atoms with Gasteiger partial charge in [0.2, 0.25) is 0 Å². The quantitative estimate of drug-likeness (QED) is 0.360. The summed E-state index contributed by atoms with van der Waals surface area (Å²) in [6.45, 7) is 3.76. The van der Waals surface area contributed by atoms with Crippen LogP contribution in [0.2, 0.25) is 0 Å². The molecule has 188 valence electrons. The summed E-state index contributed by atoms with van der Waals surface area (Å²) in [6.07, 6.45) is -2.89. The molecule has 5 nitrogen and oxygen atoms in total. The third-order valence-electron chi connectivity index (χ3n) is 6.84. The average Bonchev–Trinajstić information content (AvgIpc) is 3.34. The summed E-state index contributed by atoms with van der Waals surface area (Å²) < 4.78 is 19.2. The highest BCUT2D eigenvalue weighted by Gasteiger charge is 2.44. The van der Waals surface area contributed by atoms with Gasteiger partial charge >= 0.3 is 0 Å². The first-order valence-corrected chi connectivity index (χ1v) is 12.9. The van der Waals surface area contributed by atoms with Crippen LogP contribution in [0, 0.1) is 12.7 Å². The van der Waals surface area contributed by atoms with Crippen molar-refractivity contribution < 1.29 is 29.6 Å². The Bertz CT molecular complexity index is 1110. The van der Waals surface area contributed by atoms with Gasteiger partial charge in [-0.05, 0) is 59.9 Å². The van der Waals surface area contributed by atoms with E-state index in [4.69, 9.17) is 4.74 Å². The maximum atomic E-state index is 13.4. The molecule has 4 N–H and O–H groups in total. The second kappa shape index (κ2) is 11.3. The molecule has 6 atom stereocenters. The van der Waals surface area contributed by atoms with Crippen molar-refractivity contribution in [3.8, 4) is 10.4 Å². The number of aliphatic hydroxyl groups is 4. The minimum absolute atomic E-state index is 0.124. The number of rotatable bonds is 8. The van der Waals surface area contributed by atoms with Gasteiger partial charge < -0.3 is 25.2 Å². The fraction of sp³-hybridized carbons (Fsp3) is 0.429. The van der Waals surface area contributed by atoms with Crippen LogP contribution in [0.3, 0.4) is 0 Å². The molecule has 3 aromatic rings. The molecule has 0 aliphatic carbocycles. The van der Waals surface area contributed by atoms with Crippen molar-refractivity contribution in [1.82, 2.24) is 0 Å². The van der Waals surface area contributed by atoms with E-state index >= 15 is 0 Å². The van der Waals surface area contributed by atoms with Crippen LogP contribution in [-0.4, -0.2) is 51.4 Å². The van der Waals surface area contributed by atoms with Crippen molar-refractivity contribution in [1.29, 1.82) is 0 Å². The predicted molar refractivity (Wildman–Crippen MR) is 135 cm³/mol. The highest BCUT2D eigenvalue weighted by Crippen LogP contribution is 2.41. The highest BCUT2D eigenvalue weighted by molar-refractivity contribution is 7.15. The van der Waals surface area contributed by atoms with Crippen LogP contribution in [0.25, 0.3) is 10.4 Å². The smallest absolute Gasteiger partial charge is 0.123 e. The van der Waals surface area contributed by atoms with Gasteiger partial charge in [0, 0.05) is 15.7 Å². The molecule has 1 aliphatic heterocycles. The lowest BCUT2D eigenvalue weighted by Gasteiger charge is -2.40. The number of hydrogen-bond donors (Lipinski definition) is 4. The van der Waals surface area contributed by atoms with E-state index in [0.717, 1.165) is 40.8 Å². The zero-order chi connectivity index (χ0) is 25.1. The minimum atomic E-state index is -1.41. The summed E-state index contributed by atoms with van der Waals surface area (Å²) >= 11 is 1.69. The Balaban J connectivity index is 1.69. The van der Waals surface area contributed by atoms with Gasteiger partial charge in [0.05, 0.1) is 6.61 Å². The van der Waals surface area contributed by atoms with Gasteiger partial charge in [-0.15, -0.1) is 11.3 Å². The third kappa shape index (κ3) is 5.50. The summed E-state index contributed by atoms with van der Waals surface area (Å²) in [5.41, 5.74) is 3.89. The van der Waals surface area contributed by atoms with E-state index in [0.29, 0.717) is 5.56 Å². The van der Waals surface area contributed by atoms with E-state index < -0.39 is 37.1 Å². The van der Waals surface area contributed by atoms with Gasteiger partial charge in [0.1, 0.15) is 36.3 Å². The number of ether oxygens (including phenoxy) is 1. The fourth-order valence-corrected chi connectivity index (χ4v) is 5.92. The first kappa shape index (κ1) is 25.9. The molecule has 1 aromatic heterocycles. The summed E-state index contributed by atoms with van der Waals surface area (Å²) in [7, 11) is 0. The minimum Gasteiger partial charge on any atom is -0.394 e. The van der Waals surface area contributed by atoms with Crippen LogP contribution >= 0.6 is 11.3 Å². The molecular formula is C28H33FO5S. The normalized spacial score (nSPS) is 25.5. The summed E-state index contributed by atoms with van der Waals surface area (Å²) in [4.78, 5) is 2.27. The van der Waals surface area contributed by atoms with Crippen molar-refractivity contribution in [2.24, 2.45) is 0 Å². The number of halogens is 1. The zero-order valence-electron chi connectivity index (χ0n) is 20.0. The second-order valence-electron chi connectivity index (χ2n) is 9.27. The molecule has 0 spiro atoms. The fourth-order valence-electron chi connectivity index (χ4n) is 4.76. The van der Waals surface area contributed by atoms with Gasteiger partial charge in [0.25, 0.3) is 0 Å². The van der Waals surface area contributed by atoms with E-state index in [1.165, 1.54) is 17.0 Å². The van der Waals surface area contributed by atoms with Crippen LogP contribution in [0.15, 0.2) is 54.6 Å². The number of aliphatic hydroxyl groups excluding tert-OH is 4. The van der Waals surface area contributed by atoms with Gasteiger partial charge in [0.15, 0.2) is 0 Å². The Morgan fingerprint density at radius 1 is 0.971 bits per heavy atom. The molecule has 1 aliphatic rings. The topological polar surface area (TPSA) is 90.2 Å². The van der Waals surface area contributed by atoms with Crippen molar-refractivity contribution in [3.05, 3.63) is 82.0 Å². The number of benzene rings is 2. The Morgan fingerprint density at radius 2 is 1.71 bits per heavy atom. The molecule has 1 unspecified atom stereocenters. The summed E-state index contributed by atoms with van der Waals surface area (Å²) in [6, 6.07) is 16.6. The van der Waals surface area contributed by atoms with E-state index in [1.54, 1.807) is 23.5 Å². The SMILES string of the molecule is CCCCC(c1ccc(-c2ccc(F)cc2)s1)c1cc([C@@H]2O[C@H](CO)[C@@H](O)[C@H](O)[C@H]2O)ccc1C. The van der Waals surface area contributed by atoms with Crippen molar-refractivity contribution in [2.45, 2.75) is 69.5 Å². The Kier molecular flexibility index (Phi) is 8.37. The van der Waals surface area contributed by atoms with Crippen LogP contribution in [0.5, 0.6) is 0 Å². The molecule has 0 saturated carbocycles. The lowest BCUT2D eigenvalue weighted by molar-refractivity contribution is -0.231.